The van der Waals surface area contributed by atoms with Crippen molar-refractivity contribution in [3.8, 4) is 0 Å². The Kier molecular flexibility index (Phi) is 2.77. The second-order valence-electron chi connectivity index (χ2n) is 2.84. The lowest BCUT2D eigenvalue weighted by Gasteiger charge is -2.04. The first-order chi connectivity index (χ1) is 7.29. The maximum absolute atomic E-state index is 10.8. The van der Waals surface area contributed by atoms with Gasteiger partial charge in [-0.25, -0.2) is 0 Å². The van der Waals surface area contributed by atoms with Gasteiger partial charge in [0.05, 0.1) is 16.2 Å². The van der Waals surface area contributed by atoms with E-state index in [1.54, 1.807) is 18.2 Å². The Hall–Kier alpha value is -1.69. The highest BCUT2D eigenvalue weighted by Gasteiger charge is 2.16. The van der Waals surface area contributed by atoms with Crippen LogP contribution in [0.4, 0.5) is 5.69 Å². The van der Waals surface area contributed by atoms with Crippen molar-refractivity contribution >= 4 is 23.3 Å². The van der Waals surface area contributed by atoms with Gasteiger partial charge in [-0.3, -0.25) is 10.1 Å². The van der Waals surface area contributed by atoms with E-state index in [1.165, 1.54) is 18.0 Å². The van der Waals surface area contributed by atoms with E-state index in [1.807, 2.05) is 6.08 Å². The van der Waals surface area contributed by atoms with Crippen molar-refractivity contribution < 1.29 is 4.92 Å². The minimum absolute atomic E-state index is 0.0644. The zero-order valence-corrected chi connectivity index (χ0v) is 8.48. The molecule has 0 spiro atoms. The Labute approximate surface area is 90.2 Å². The molecule has 2 rings (SSSR count). The summed E-state index contributed by atoms with van der Waals surface area (Å²) in [5.41, 5.74) is 1.15. The summed E-state index contributed by atoms with van der Waals surface area (Å²) >= 11 is 1.32. The molecule has 1 aliphatic heterocycles. The van der Waals surface area contributed by atoms with Gasteiger partial charge in [-0.1, -0.05) is 12.1 Å². The second kappa shape index (κ2) is 4.22. The van der Waals surface area contributed by atoms with E-state index in [2.05, 4.69) is 9.63 Å². The smallest absolute Gasteiger partial charge is 0.258 e. The van der Waals surface area contributed by atoms with Gasteiger partial charge in [0, 0.05) is 23.8 Å². The molecule has 15 heavy (non-hydrogen) atoms. The molecule has 1 heterocycles. The minimum atomic E-state index is -0.409. The third-order valence-corrected chi connectivity index (χ3v) is 2.45. The highest BCUT2D eigenvalue weighted by Crippen LogP contribution is 2.29. The first kappa shape index (κ1) is 9.85. The normalized spacial score (nSPS) is 14.8. The van der Waals surface area contributed by atoms with Crippen LogP contribution in [0, 0.1) is 10.1 Å². The van der Waals surface area contributed by atoms with Gasteiger partial charge in [-0.05, 0) is 12.1 Å². The summed E-state index contributed by atoms with van der Waals surface area (Å²) in [7, 11) is 0. The molecule has 76 valence electrons. The molecule has 0 unspecified atom stereocenters. The third kappa shape index (κ3) is 2.04. The summed E-state index contributed by atoms with van der Waals surface area (Å²) in [4.78, 5) is 10.4. The van der Waals surface area contributed by atoms with E-state index in [-0.39, 0.29) is 5.69 Å². The van der Waals surface area contributed by atoms with Crippen molar-refractivity contribution in [1.82, 2.24) is 0 Å². The minimum Gasteiger partial charge on any atom is -0.258 e. The average Bonchev–Trinajstić information content (AvgIpc) is 2.30. The number of hydrogen-bond donors (Lipinski definition) is 0. The maximum Gasteiger partial charge on any atom is 0.278 e. The van der Waals surface area contributed by atoms with Crippen molar-refractivity contribution in [2.24, 2.45) is 9.63 Å². The fourth-order valence-electron chi connectivity index (χ4n) is 1.28. The van der Waals surface area contributed by atoms with E-state index in [0.717, 1.165) is 0 Å². The molecule has 0 atom stereocenters. The molecule has 6 heteroatoms. The number of nitro groups is 1. The molecule has 1 aromatic rings. The van der Waals surface area contributed by atoms with Crippen LogP contribution < -0.4 is 0 Å². The number of para-hydroxylation sites is 1. The predicted octanol–water partition coefficient (Wildman–Crippen LogP) is 3.05. The summed E-state index contributed by atoms with van der Waals surface area (Å²) in [5.74, 6) is 0.699. The Morgan fingerprint density at radius 1 is 1.40 bits per heavy atom. The molecule has 0 bridgehead atoms. The molecule has 0 aromatic heterocycles. The van der Waals surface area contributed by atoms with Gasteiger partial charge >= 0.3 is 0 Å². The van der Waals surface area contributed by atoms with Crippen LogP contribution in [0.25, 0.3) is 5.70 Å². The van der Waals surface area contributed by atoms with E-state index in [4.69, 9.17) is 0 Å². The molecule has 0 fully saturated rings. The van der Waals surface area contributed by atoms with Crippen LogP contribution in [0.5, 0.6) is 0 Å². The molecular formula is C9H7N3O2S. The van der Waals surface area contributed by atoms with E-state index in [0.29, 0.717) is 17.0 Å². The number of nitrogens with zero attached hydrogens (tertiary/aromatic N) is 3. The number of rotatable bonds is 2. The highest BCUT2D eigenvalue weighted by atomic mass is 32.2. The summed E-state index contributed by atoms with van der Waals surface area (Å²) in [6, 6.07) is 6.53. The molecule has 0 aliphatic carbocycles. The van der Waals surface area contributed by atoms with E-state index < -0.39 is 4.92 Å². The Balaban J connectivity index is 2.47. The quantitative estimate of drug-likeness (QED) is 0.438. The largest absolute Gasteiger partial charge is 0.278 e. The monoisotopic (exact) mass is 221 g/mol. The molecule has 0 saturated heterocycles. The van der Waals surface area contributed by atoms with Crippen LogP contribution in [-0.2, 0) is 0 Å². The van der Waals surface area contributed by atoms with Crippen molar-refractivity contribution in [1.29, 1.82) is 0 Å². The summed E-state index contributed by atoms with van der Waals surface area (Å²) in [6.07, 6.45) is 1.83. The lowest BCUT2D eigenvalue weighted by molar-refractivity contribution is -0.385. The first-order valence-electron chi connectivity index (χ1n) is 4.26. The van der Waals surface area contributed by atoms with Gasteiger partial charge in [0.2, 0.25) is 0 Å². The topological polar surface area (TPSA) is 67.9 Å². The van der Waals surface area contributed by atoms with E-state index in [9.17, 15) is 10.1 Å². The van der Waals surface area contributed by atoms with Gasteiger partial charge in [-0.15, -0.1) is 9.63 Å². The Bertz CT molecular complexity index is 456. The fourth-order valence-corrected chi connectivity index (χ4v) is 1.72. The van der Waals surface area contributed by atoms with Crippen molar-refractivity contribution in [2.45, 2.75) is 0 Å². The SMILES string of the molecule is O=[N+]([O-])c1ccccc1C1=CCSN=N1. The maximum atomic E-state index is 10.8. The van der Waals surface area contributed by atoms with Gasteiger partial charge in [0.25, 0.3) is 5.69 Å². The number of hydrogen-bond acceptors (Lipinski definition) is 5. The molecule has 0 amide bonds. The Morgan fingerprint density at radius 2 is 2.20 bits per heavy atom. The molecule has 0 saturated carbocycles. The van der Waals surface area contributed by atoms with Crippen LogP contribution in [0.2, 0.25) is 0 Å². The van der Waals surface area contributed by atoms with Crippen molar-refractivity contribution in [3.05, 3.63) is 46.0 Å². The van der Waals surface area contributed by atoms with Gasteiger partial charge < -0.3 is 0 Å². The zero-order valence-electron chi connectivity index (χ0n) is 7.66. The molecule has 0 radical (unpaired) electrons. The molecule has 5 nitrogen and oxygen atoms in total. The van der Waals surface area contributed by atoms with Crippen LogP contribution in [0.15, 0.2) is 40.0 Å². The average molecular weight is 221 g/mol. The first-order valence-corrected chi connectivity index (χ1v) is 5.20. The van der Waals surface area contributed by atoms with Crippen molar-refractivity contribution in [3.63, 3.8) is 0 Å². The lowest BCUT2D eigenvalue weighted by Crippen LogP contribution is -1.94. The molecule has 0 N–H and O–H groups in total. The van der Waals surface area contributed by atoms with Crippen LogP contribution in [0.3, 0.4) is 0 Å². The second-order valence-corrected chi connectivity index (χ2v) is 3.60. The van der Waals surface area contributed by atoms with Gasteiger partial charge in [0.1, 0.15) is 0 Å². The molecule has 1 aromatic carbocycles. The van der Waals surface area contributed by atoms with Crippen LogP contribution in [-0.4, -0.2) is 10.7 Å². The molecular weight excluding hydrogens is 214 g/mol. The summed E-state index contributed by atoms with van der Waals surface area (Å²) in [6.45, 7) is 0. The lowest BCUT2D eigenvalue weighted by atomic mass is 10.1. The van der Waals surface area contributed by atoms with Crippen LogP contribution >= 0.6 is 11.9 Å². The fraction of sp³-hybridized carbons (Fsp3) is 0.111. The standard InChI is InChI=1S/C9H7N3O2S/c13-12(14)9-4-2-1-3-7(9)8-5-6-15-11-10-8/h1-5H,6H2. The number of benzene rings is 1. The summed E-state index contributed by atoms with van der Waals surface area (Å²) in [5, 5.41) is 14.7. The van der Waals surface area contributed by atoms with Gasteiger partial charge in [-0.2, -0.15) is 0 Å². The Morgan fingerprint density at radius 3 is 2.87 bits per heavy atom. The highest BCUT2D eigenvalue weighted by molar-refractivity contribution is 7.98. The zero-order chi connectivity index (χ0) is 10.7. The van der Waals surface area contributed by atoms with Gasteiger partial charge in [0.15, 0.2) is 0 Å². The summed E-state index contributed by atoms with van der Waals surface area (Å²) < 4.78 is 3.79. The van der Waals surface area contributed by atoms with Crippen molar-refractivity contribution in [2.75, 3.05) is 5.75 Å². The van der Waals surface area contributed by atoms with Crippen LogP contribution in [0.1, 0.15) is 5.56 Å². The van der Waals surface area contributed by atoms with E-state index >= 15 is 0 Å². The third-order valence-electron chi connectivity index (χ3n) is 1.93. The predicted molar refractivity (Wildman–Crippen MR) is 58.4 cm³/mol. The number of nitro benzene ring substituents is 1. The molecule has 1 aliphatic rings.